The summed E-state index contributed by atoms with van der Waals surface area (Å²) in [5.74, 6) is -0.416. The number of ketones is 1. The maximum absolute atomic E-state index is 12.4. The van der Waals surface area contributed by atoms with Gasteiger partial charge in [0.15, 0.2) is 5.78 Å². The number of aliphatic imine (C=N–C) groups is 1. The standard InChI is InChI=1S/C17H17N5O3S/c1-10-5-7-14(8-6-10)26(24,25)21-13(4)19-16-11(2)9-15(23)17(12(16)3)20-22-18/h5-9H,1-4H3. The molecular formula is C17H17N5O3S. The monoisotopic (exact) mass is 371 g/mol. The third-order valence-corrected chi connectivity index (χ3v) is 5.03. The van der Waals surface area contributed by atoms with Gasteiger partial charge < -0.3 is 0 Å². The third-order valence-electron chi connectivity index (χ3n) is 3.65. The summed E-state index contributed by atoms with van der Waals surface area (Å²) in [5, 5.41) is 3.40. The first-order valence-electron chi connectivity index (χ1n) is 7.62. The molecule has 1 aliphatic carbocycles. The largest absolute Gasteiger partial charge is 0.289 e. The van der Waals surface area contributed by atoms with E-state index in [0.717, 1.165) is 5.56 Å². The van der Waals surface area contributed by atoms with Gasteiger partial charge in [-0.15, -0.1) is 4.40 Å². The van der Waals surface area contributed by atoms with E-state index in [1.807, 2.05) is 6.92 Å². The van der Waals surface area contributed by atoms with E-state index < -0.39 is 15.8 Å². The summed E-state index contributed by atoms with van der Waals surface area (Å²) in [7, 11) is -3.90. The van der Waals surface area contributed by atoms with E-state index in [0.29, 0.717) is 16.9 Å². The van der Waals surface area contributed by atoms with Gasteiger partial charge in [-0.25, -0.2) is 4.99 Å². The molecule has 0 unspecified atom stereocenters. The SMILES string of the molecule is CC1=CC(=O)C(N=[N+]=[N-])=C(C)C1=NC(C)=NS(=O)(=O)c1ccc(C)cc1. The van der Waals surface area contributed by atoms with Crippen molar-refractivity contribution in [1.29, 1.82) is 0 Å². The van der Waals surface area contributed by atoms with E-state index in [1.165, 1.54) is 25.1 Å². The first-order chi connectivity index (χ1) is 12.2. The summed E-state index contributed by atoms with van der Waals surface area (Å²) in [6, 6.07) is 6.32. The fourth-order valence-corrected chi connectivity index (χ4v) is 3.36. The highest BCUT2D eigenvalue weighted by atomic mass is 32.2. The zero-order chi connectivity index (χ0) is 19.5. The van der Waals surface area contributed by atoms with Crippen molar-refractivity contribution < 1.29 is 13.2 Å². The van der Waals surface area contributed by atoms with Gasteiger partial charge in [-0.1, -0.05) is 22.8 Å². The molecule has 1 aromatic carbocycles. The van der Waals surface area contributed by atoms with Crippen LogP contribution >= 0.6 is 0 Å². The zero-order valence-corrected chi connectivity index (χ0v) is 15.6. The Morgan fingerprint density at radius 3 is 2.31 bits per heavy atom. The van der Waals surface area contributed by atoms with E-state index in [1.54, 1.807) is 26.0 Å². The van der Waals surface area contributed by atoms with Crippen molar-refractivity contribution in [2.75, 3.05) is 0 Å². The lowest BCUT2D eigenvalue weighted by molar-refractivity contribution is -0.111. The number of allylic oxidation sites excluding steroid dienone is 3. The molecule has 0 saturated carbocycles. The van der Waals surface area contributed by atoms with E-state index in [4.69, 9.17) is 5.53 Å². The number of carbonyl (C=O) groups excluding carboxylic acids is 1. The third kappa shape index (κ3) is 4.14. The molecule has 8 nitrogen and oxygen atoms in total. The lowest BCUT2D eigenvalue weighted by atomic mass is 9.94. The van der Waals surface area contributed by atoms with Crippen molar-refractivity contribution in [3.63, 3.8) is 0 Å². The van der Waals surface area contributed by atoms with Crippen LogP contribution in [0.1, 0.15) is 26.3 Å². The van der Waals surface area contributed by atoms with E-state index in [-0.39, 0.29) is 16.4 Å². The molecule has 0 spiro atoms. The first kappa shape index (κ1) is 19.3. The molecule has 0 bridgehead atoms. The Bertz CT molecular complexity index is 1040. The minimum absolute atomic E-state index is 0.00214. The number of hydrogen-bond acceptors (Lipinski definition) is 4. The highest BCUT2D eigenvalue weighted by Gasteiger charge is 2.21. The van der Waals surface area contributed by atoms with Crippen LogP contribution < -0.4 is 0 Å². The average Bonchev–Trinajstić information content (AvgIpc) is 2.55. The molecule has 26 heavy (non-hydrogen) atoms. The van der Waals surface area contributed by atoms with E-state index in [2.05, 4.69) is 19.4 Å². The fourth-order valence-electron chi connectivity index (χ4n) is 2.39. The minimum atomic E-state index is -3.90. The molecule has 0 fully saturated rings. The molecule has 0 radical (unpaired) electrons. The minimum Gasteiger partial charge on any atom is -0.289 e. The van der Waals surface area contributed by atoms with Gasteiger partial charge in [0.2, 0.25) is 0 Å². The molecule has 134 valence electrons. The second kappa shape index (κ2) is 7.47. The molecule has 0 saturated heterocycles. The van der Waals surface area contributed by atoms with E-state index >= 15 is 0 Å². The summed E-state index contributed by atoms with van der Waals surface area (Å²) in [5.41, 5.74) is 10.7. The number of amidine groups is 1. The van der Waals surface area contributed by atoms with Crippen molar-refractivity contribution in [2.45, 2.75) is 32.6 Å². The number of carbonyl (C=O) groups is 1. The molecule has 0 aliphatic heterocycles. The lowest BCUT2D eigenvalue weighted by Gasteiger charge is -2.15. The van der Waals surface area contributed by atoms with Crippen molar-refractivity contribution in [1.82, 2.24) is 0 Å². The Morgan fingerprint density at radius 1 is 1.12 bits per heavy atom. The summed E-state index contributed by atoms with van der Waals surface area (Å²) >= 11 is 0. The summed E-state index contributed by atoms with van der Waals surface area (Å²) in [6.07, 6.45) is 1.29. The van der Waals surface area contributed by atoms with Gasteiger partial charge in [0.25, 0.3) is 10.0 Å². The predicted molar refractivity (Wildman–Crippen MR) is 99.5 cm³/mol. The summed E-state index contributed by atoms with van der Waals surface area (Å²) in [4.78, 5) is 18.8. The van der Waals surface area contributed by atoms with Gasteiger partial charge in [0.1, 0.15) is 5.84 Å². The smallest absolute Gasteiger partial charge is 0.283 e. The van der Waals surface area contributed by atoms with Crippen LogP contribution in [0, 0.1) is 6.92 Å². The van der Waals surface area contributed by atoms with Gasteiger partial charge in [-0.3, -0.25) is 4.79 Å². The van der Waals surface area contributed by atoms with Crippen molar-refractivity contribution >= 4 is 27.4 Å². The highest BCUT2D eigenvalue weighted by molar-refractivity contribution is 7.90. The molecule has 0 N–H and O–H groups in total. The number of benzene rings is 1. The van der Waals surface area contributed by atoms with Gasteiger partial charge in [0.05, 0.1) is 16.3 Å². The molecule has 1 aromatic rings. The second-order valence-electron chi connectivity index (χ2n) is 5.74. The van der Waals surface area contributed by atoms with Crippen molar-refractivity contribution in [3.8, 4) is 0 Å². The molecule has 0 heterocycles. The summed E-state index contributed by atoms with van der Waals surface area (Å²) < 4.78 is 28.5. The molecule has 1 aliphatic rings. The number of nitrogens with zero attached hydrogens (tertiary/aromatic N) is 5. The van der Waals surface area contributed by atoms with Crippen LogP contribution in [0.2, 0.25) is 0 Å². The van der Waals surface area contributed by atoms with Crippen LogP contribution in [0.3, 0.4) is 0 Å². The fraction of sp³-hybridized carbons (Fsp3) is 0.235. The van der Waals surface area contributed by atoms with Crippen LogP contribution in [-0.2, 0) is 14.8 Å². The highest BCUT2D eigenvalue weighted by Crippen LogP contribution is 2.22. The van der Waals surface area contributed by atoms with Crippen molar-refractivity contribution in [3.05, 3.63) is 63.2 Å². The second-order valence-corrected chi connectivity index (χ2v) is 7.35. The maximum atomic E-state index is 12.4. The van der Waals surface area contributed by atoms with Gasteiger partial charge in [0, 0.05) is 4.91 Å². The molecule has 0 aromatic heterocycles. The van der Waals surface area contributed by atoms with Crippen LogP contribution in [0.5, 0.6) is 0 Å². The van der Waals surface area contributed by atoms with E-state index in [9.17, 15) is 13.2 Å². The number of azide groups is 1. The lowest BCUT2D eigenvalue weighted by Crippen LogP contribution is -2.17. The number of hydrogen-bond donors (Lipinski definition) is 0. The summed E-state index contributed by atoms with van der Waals surface area (Å²) in [6.45, 7) is 6.55. The van der Waals surface area contributed by atoms with Crippen LogP contribution in [0.4, 0.5) is 0 Å². The molecule has 0 amide bonds. The Balaban J connectivity index is 2.48. The number of aryl methyl sites for hydroxylation is 1. The Labute approximate surface area is 151 Å². The maximum Gasteiger partial charge on any atom is 0.283 e. The molecule has 9 heteroatoms. The van der Waals surface area contributed by atoms with Crippen LogP contribution in [-0.4, -0.2) is 25.7 Å². The van der Waals surface area contributed by atoms with Crippen LogP contribution in [0.25, 0.3) is 10.4 Å². The average molecular weight is 371 g/mol. The first-order valence-corrected chi connectivity index (χ1v) is 9.06. The van der Waals surface area contributed by atoms with Gasteiger partial charge >= 0.3 is 0 Å². The number of rotatable bonds is 3. The number of sulfonamides is 1. The molecule has 2 rings (SSSR count). The Hall–Kier alpha value is -3.03. The van der Waals surface area contributed by atoms with Crippen molar-refractivity contribution in [2.24, 2.45) is 14.5 Å². The normalized spacial score (nSPS) is 17.2. The Morgan fingerprint density at radius 2 is 1.73 bits per heavy atom. The van der Waals surface area contributed by atoms with Gasteiger partial charge in [-0.05, 0) is 62.6 Å². The predicted octanol–water partition coefficient (Wildman–Crippen LogP) is 3.66. The van der Waals surface area contributed by atoms with Gasteiger partial charge in [-0.2, -0.15) is 8.42 Å². The molecule has 0 atom stereocenters. The Kier molecular flexibility index (Phi) is 5.54. The molecular weight excluding hydrogens is 354 g/mol. The quantitative estimate of drug-likeness (QED) is 0.201. The topological polar surface area (TPSA) is 125 Å². The van der Waals surface area contributed by atoms with Crippen LogP contribution in [0.15, 0.2) is 66.6 Å². The zero-order valence-electron chi connectivity index (χ0n) is 14.8.